The number of hydrogen-bond acceptors (Lipinski definition) is 6. The molecule has 3 unspecified atom stereocenters. The second kappa shape index (κ2) is 71.3. The summed E-state index contributed by atoms with van der Waals surface area (Å²) >= 11 is 0. The van der Waals surface area contributed by atoms with Gasteiger partial charge in [-0.2, -0.15) is 0 Å². The molecule has 0 aliphatic carbocycles. The van der Waals surface area contributed by atoms with Crippen molar-refractivity contribution in [1.82, 2.24) is 5.32 Å². The van der Waals surface area contributed by atoms with E-state index in [1.807, 2.05) is 27.2 Å². The highest BCUT2D eigenvalue weighted by molar-refractivity contribution is 7.47. The van der Waals surface area contributed by atoms with Gasteiger partial charge in [-0.05, 0) is 57.4 Å². The number of carbonyl (C=O) groups excluding carboxylic acids is 2. The summed E-state index contributed by atoms with van der Waals surface area (Å²) in [6.07, 6.45) is 89.4. The van der Waals surface area contributed by atoms with Crippen LogP contribution in [0.3, 0.4) is 0 Å². The molecule has 3 atom stereocenters. The molecule has 0 radical (unpaired) electrons. The highest BCUT2D eigenvalue weighted by Gasteiger charge is 2.30. The van der Waals surface area contributed by atoms with Crippen molar-refractivity contribution in [3.63, 3.8) is 0 Å². The summed E-state index contributed by atoms with van der Waals surface area (Å²) in [6, 6.07) is -0.844. The molecular formula is C81H160N2O7P+. The number of allylic oxidation sites excluding steroid dienone is 3. The van der Waals surface area contributed by atoms with Crippen LogP contribution in [0, 0.1) is 0 Å². The second-order valence-corrected chi connectivity index (χ2v) is 30.8. The Morgan fingerprint density at radius 1 is 0.374 bits per heavy atom. The number of likely N-dealkylation sites (N-methyl/N-ethyl adjacent to an activating group) is 1. The minimum Gasteiger partial charge on any atom is -0.456 e. The standard InChI is InChI=1S/C81H159N2O7P/c1-7-10-13-16-19-22-25-28-30-32-34-36-38-40-41-43-44-46-48-50-52-55-58-61-64-67-70-73-80(84)82-78(77-89-91(86,87)88-76-75-83(4,5)6)79(72-69-66-63-60-57-54-27-24-21-18-15-12-9-3)90-81(85)74-71-68-65-62-59-56-53-51-49-47-45-42-39-37-35-33-31-29-26-23-20-17-14-11-8-2/h28,30,69,72,78-79H,7-27,29,31-68,70-71,73-77H2,1-6H3,(H-,82,84,86,87)/p+1/b30-28+,72-69+. The SMILES string of the molecule is CCCCCCCC/C=C/CCCCCCCCCCCCCCCCCCCC(=O)NC(COP(=O)(O)OCC[N+](C)(C)C)C(/C=C/CCCCCCCCCCCCC)OC(=O)CCCCCCCCCCCCCCCCCCCCCCCCCCC. The van der Waals surface area contributed by atoms with E-state index in [0.717, 1.165) is 57.8 Å². The van der Waals surface area contributed by atoms with E-state index in [1.165, 1.54) is 340 Å². The Bertz CT molecular complexity index is 1600. The first-order chi connectivity index (χ1) is 44.4. The summed E-state index contributed by atoms with van der Waals surface area (Å²) in [5, 5.41) is 3.09. The number of ether oxygens (including phenoxy) is 1. The van der Waals surface area contributed by atoms with Gasteiger partial charge in [-0.25, -0.2) is 4.57 Å². The highest BCUT2D eigenvalue weighted by Crippen LogP contribution is 2.43. The van der Waals surface area contributed by atoms with Gasteiger partial charge in [-0.1, -0.05) is 386 Å². The molecule has 540 valence electrons. The van der Waals surface area contributed by atoms with Crippen molar-refractivity contribution in [3.8, 4) is 0 Å². The summed E-state index contributed by atoms with van der Waals surface area (Å²) in [5.41, 5.74) is 0. The van der Waals surface area contributed by atoms with E-state index in [1.54, 1.807) is 0 Å². The number of phosphoric acid groups is 1. The molecular weight excluding hydrogens is 1140 g/mol. The third-order valence-corrected chi connectivity index (χ3v) is 19.9. The molecule has 0 aromatic rings. The summed E-state index contributed by atoms with van der Waals surface area (Å²) in [4.78, 5) is 38.1. The quantitative estimate of drug-likeness (QED) is 0.0205. The summed E-state index contributed by atoms with van der Waals surface area (Å²) < 4.78 is 31.0. The second-order valence-electron chi connectivity index (χ2n) is 29.3. The molecule has 0 aliphatic heterocycles. The maximum atomic E-state index is 13.7. The van der Waals surface area contributed by atoms with Crippen molar-refractivity contribution in [2.45, 2.75) is 444 Å². The van der Waals surface area contributed by atoms with Crippen LogP contribution in [0.5, 0.6) is 0 Å². The van der Waals surface area contributed by atoms with E-state index in [0.29, 0.717) is 23.9 Å². The number of unbranched alkanes of at least 4 members (excludes halogenated alkanes) is 58. The Labute approximate surface area is 568 Å². The van der Waals surface area contributed by atoms with E-state index >= 15 is 0 Å². The number of rotatable bonds is 76. The molecule has 0 aliphatic rings. The highest BCUT2D eigenvalue weighted by atomic mass is 31.2. The van der Waals surface area contributed by atoms with Gasteiger partial charge in [0, 0.05) is 12.8 Å². The van der Waals surface area contributed by atoms with Crippen LogP contribution in [0.25, 0.3) is 0 Å². The maximum Gasteiger partial charge on any atom is 0.472 e. The molecule has 9 nitrogen and oxygen atoms in total. The number of phosphoric ester groups is 1. The van der Waals surface area contributed by atoms with Gasteiger partial charge in [0.15, 0.2) is 0 Å². The van der Waals surface area contributed by atoms with E-state index in [4.69, 9.17) is 13.8 Å². The van der Waals surface area contributed by atoms with Crippen molar-refractivity contribution in [3.05, 3.63) is 24.3 Å². The molecule has 0 heterocycles. The van der Waals surface area contributed by atoms with Crippen LogP contribution in [0.2, 0.25) is 0 Å². The van der Waals surface area contributed by atoms with Crippen molar-refractivity contribution in [2.24, 2.45) is 0 Å². The normalized spacial score (nSPS) is 13.4. The van der Waals surface area contributed by atoms with Crippen LogP contribution in [0.15, 0.2) is 24.3 Å². The fourth-order valence-corrected chi connectivity index (χ4v) is 13.4. The molecule has 0 aromatic carbocycles. The molecule has 2 N–H and O–H groups in total. The molecule has 0 fully saturated rings. The lowest BCUT2D eigenvalue weighted by Crippen LogP contribution is -2.47. The number of hydrogen-bond donors (Lipinski definition) is 2. The molecule has 1 amide bonds. The van der Waals surface area contributed by atoms with E-state index in [-0.39, 0.29) is 25.1 Å². The molecule has 10 heteroatoms. The summed E-state index contributed by atoms with van der Waals surface area (Å²) in [6.45, 7) is 7.10. The third-order valence-electron chi connectivity index (χ3n) is 18.9. The summed E-state index contributed by atoms with van der Waals surface area (Å²) in [7, 11) is 1.52. The average Bonchev–Trinajstić information content (AvgIpc) is 3.45. The lowest BCUT2D eigenvalue weighted by atomic mass is 10.0. The number of nitrogens with one attached hydrogen (secondary N) is 1. The van der Waals surface area contributed by atoms with Gasteiger partial charge in [0.2, 0.25) is 5.91 Å². The topological polar surface area (TPSA) is 111 Å². The fraction of sp³-hybridized carbons (Fsp3) is 0.926. The monoisotopic (exact) mass is 1300 g/mol. The van der Waals surface area contributed by atoms with E-state index in [2.05, 4.69) is 44.3 Å². The number of esters is 1. The maximum absolute atomic E-state index is 13.7. The number of amides is 1. The van der Waals surface area contributed by atoms with Gasteiger partial charge >= 0.3 is 13.8 Å². The first-order valence-corrected chi connectivity index (χ1v) is 42.2. The Kier molecular flexibility index (Phi) is 70.1. The molecule has 0 saturated carbocycles. The van der Waals surface area contributed by atoms with Crippen molar-refractivity contribution >= 4 is 19.7 Å². The molecule has 0 rings (SSSR count). The molecule has 0 aromatic heterocycles. The van der Waals surface area contributed by atoms with E-state index in [9.17, 15) is 19.0 Å². The Hall–Kier alpha value is -1.51. The lowest BCUT2D eigenvalue weighted by molar-refractivity contribution is -0.870. The smallest absolute Gasteiger partial charge is 0.456 e. The van der Waals surface area contributed by atoms with Gasteiger partial charge in [-0.15, -0.1) is 0 Å². The fourth-order valence-electron chi connectivity index (χ4n) is 12.6. The van der Waals surface area contributed by atoms with Crippen molar-refractivity contribution in [2.75, 3.05) is 40.9 Å². The molecule has 0 spiro atoms. The minimum atomic E-state index is -4.45. The minimum absolute atomic E-state index is 0.0452. The van der Waals surface area contributed by atoms with Crippen LogP contribution >= 0.6 is 7.82 Å². The molecule has 0 saturated heterocycles. The first kappa shape index (κ1) is 89.5. The van der Waals surface area contributed by atoms with Gasteiger partial charge in [0.25, 0.3) is 0 Å². The van der Waals surface area contributed by atoms with Gasteiger partial charge < -0.3 is 19.4 Å². The summed E-state index contributed by atoms with van der Waals surface area (Å²) in [5.74, 6) is -0.474. The zero-order valence-corrected chi connectivity index (χ0v) is 63.0. The molecule has 0 bridgehead atoms. The Balaban J connectivity index is 4.90. The average molecular weight is 1310 g/mol. The first-order valence-electron chi connectivity index (χ1n) is 40.7. The van der Waals surface area contributed by atoms with E-state index < -0.39 is 20.0 Å². The van der Waals surface area contributed by atoms with Crippen LogP contribution in [-0.4, -0.2) is 74.3 Å². The Morgan fingerprint density at radius 2 is 0.637 bits per heavy atom. The predicted molar refractivity (Wildman–Crippen MR) is 397 cm³/mol. The zero-order chi connectivity index (χ0) is 66.3. The van der Waals surface area contributed by atoms with Crippen molar-refractivity contribution < 1.29 is 37.3 Å². The van der Waals surface area contributed by atoms with Crippen LogP contribution < -0.4 is 5.32 Å². The third kappa shape index (κ3) is 72.6. The number of quaternary nitrogens is 1. The number of carbonyl (C=O) groups is 2. The number of nitrogens with zero attached hydrogens (tertiary/aromatic N) is 1. The van der Waals surface area contributed by atoms with Crippen LogP contribution in [0.1, 0.15) is 432 Å². The lowest BCUT2D eigenvalue weighted by Gasteiger charge is -2.27. The van der Waals surface area contributed by atoms with Crippen molar-refractivity contribution in [1.29, 1.82) is 0 Å². The largest absolute Gasteiger partial charge is 0.472 e. The molecule has 91 heavy (non-hydrogen) atoms. The zero-order valence-electron chi connectivity index (χ0n) is 62.1. The van der Waals surface area contributed by atoms with Gasteiger partial charge in [0.05, 0.1) is 33.8 Å². The predicted octanol–water partition coefficient (Wildman–Crippen LogP) is 26.4. The van der Waals surface area contributed by atoms with Gasteiger partial charge in [-0.3, -0.25) is 18.6 Å². The van der Waals surface area contributed by atoms with Crippen LogP contribution in [0.4, 0.5) is 0 Å². The van der Waals surface area contributed by atoms with Crippen LogP contribution in [-0.2, 0) is 27.9 Å². The van der Waals surface area contributed by atoms with Gasteiger partial charge in [0.1, 0.15) is 19.3 Å². The Morgan fingerprint density at radius 3 is 0.934 bits per heavy atom.